The molecule has 0 spiro atoms. The van der Waals surface area contributed by atoms with E-state index in [0.717, 1.165) is 5.92 Å². The highest BCUT2D eigenvalue weighted by molar-refractivity contribution is 5.48. The molecule has 2 rings (SSSR count). The molecule has 0 bridgehead atoms. The molecule has 0 N–H and O–H groups in total. The second kappa shape index (κ2) is 6.47. The third-order valence-electron chi connectivity index (χ3n) is 3.60. The van der Waals surface area contributed by atoms with Gasteiger partial charge in [-0.3, -0.25) is 0 Å². The molecule has 0 saturated heterocycles. The first kappa shape index (κ1) is 12.2. The zero-order valence-corrected chi connectivity index (χ0v) is 10.8. The molecule has 0 heteroatoms. The highest BCUT2D eigenvalue weighted by Gasteiger charge is 2.13. The van der Waals surface area contributed by atoms with Gasteiger partial charge in [0.05, 0.1) is 0 Å². The van der Waals surface area contributed by atoms with Gasteiger partial charge in [-0.15, -0.1) is 5.73 Å². The molecule has 17 heavy (non-hydrogen) atoms. The maximum Gasteiger partial charge on any atom is -0.0128 e. The summed E-state index contributed by atoms with van der Waals surface area (Å²) in [6, 6.07) is 10.5. The van der Waals surface area contributed by atoms with Gasteiger partial charge < -0.3 is 0 Å². The summed E-state index contributed by atoms with van der Waals surface area (Å²) in [7, 11) is 0. The lowest BCUT2D eigenvalue weighted by molar-refractivity contribution is 0.356. The van der Waals surface area contributed by atoms with Gasteiger partial charge in [0.2, 0.25) is 0 Å². The van der Waals surface area contributed by atoms with Crippen LogP contribution in [0.1, 0.15) is 51.0 Å². The molecule has 0 heterocycles. The average Bonchev–Trinajstić information content (AvgIpc) is 2.39. The summed E-state index contributed by atoms with van der Waals surface area (Å²) in [4.78, 5) is 0. The molecule has 0 atom stereocenters. The number of allylic oxidation sites excluding steroid dienone is 1. The molecule has 1 aromatic carbocycles. The SMILES string of the molecule is CC(=C=Cc1ccccc1)CC1CCCCC1. The largest absolute Gasteiger partial charge is 0.121 e. The van der Waals surface area contributed by atoms with E-state index in [0.29, 0.717) is 0 Å². The smallest absolute Gasteiger partial charge is 0.0128 e. The van der Waals surface area contributed by atoms with Crippen LogP contribution in [-0.4, -0.2) is 0 Å². The van der Waals surface area contributed by atoms with E-state index < -0.39 is 0 Å². The molecule has 0 amide bonds. The van der Waals surface area contributed by atoms with Crippen molar-refractivity contribution in [2.45, 2.75) is 45.4 Å². The molecule has 0 aliphatic heterocycles. The van der Waals surface area contributed by atoms with Gasteiger partial charge in [0.1, 0.15) is 0 Å². The monoisotopic (exact) mass is 226 g/mol. The van der Waals surface area contributed by atoms with E-state index in [1.165, 1.54) is 49.7 Å². The lowest BCUT2D eigenvalue weighted by Gasteiger charge is -2.20. The van der Waals surface area contributed by atoms with Crippen LogP contribution in [0.3, 0.4) is 0 Å². The minimum atomic E-state index is 0.917. The summed E-state index contributed by atoms with van der Waals surface area (Å²) in [5, 5.41) is 0. The van der Waals surface area contributed by atoms with E-state index in [2.05, 4.69) is 49.1 Å². The number of rotatable bonds is 3. The zero-order chi connectivity index (χ0) is 11.9. The summed E-state index contributed by atoms with van der Waals surface area (Å²) in [6.45, 7) is 2.22. The summed E-state index contributed by atoms with van der Waals surface area (Å²) in [5.74, 6) is 0.917. The van der Waals surface area contributed by atoms with Crippen molar-refractivity contribution in [1.82, 2.24) is 0 Å². The van der Waals surface area contributed by atoms with Crippen LogP contribution in [0.15, 0.2) is 41.6 Å². The van der Waals surface area contributed by atoms with E-state index in [4.69, 9.17) is 0 Å². The Morgan fingerprint density at radius 3 is 2.59 bits per heavy atom. The van der Waals surface area contributed by atoms with Gasteiger partial charge in [0.15, 0.2) is 0 Å². The summed E-state index contributed by atoms with van der Waals surface area (Å²) >= 11 is 0. The number of benzene rings is 1. The summed E-state index contributed by atoms with van der Waals surface area (Å²) in [6.07, 6.45) is 10.5. The van der Waals surface area contributed by atoms with E-state index in [-0.39, 0.29) is 0 Å². The van der Waals surface area contributed by atoms with Gasteiger partial charge in [0, 0.05) is 0 Å². The normalized spacial score (nSPS) is 16.3. The van der Waals surface area contributed by atoms with Gasteiger partial charge >= 0.3 is 0 Å². The minimum Gasteiger partial charge on any atom is -0.121 e. The topological polar surface area (TPSA) is 0 Å². The maximum absolute atomic E-state index is 3.44. The fourth-order valence-electron chi connectivity index (χ4n) is 2.64. The van der Waals surface area contributed by atoms with Crippen molar-refractivity contribution in [1.29, 1.82) is 0 Å². The quantitative estimate of drug-likeness (QED) is 0.620. The summed E-state index contributed by atoms with van der Waals surface area (Å²) < 4.78 is 0. The van der Waals surface area contributed by atoms with Crippen LogP contribution in [0.2, 0.25) is 0 Å². The van der Waals surface area contributed by atoms with Gasteiger partial charge in [0.25, 0.3) is 0 Å². The standard InChI is InChI=1S/C17H22/c1-15(14-17-10-6-3-7-11-17)12-13-16-8-4-2-5-9-16/h2,4-5,8-9,13,17H,3,6-7,10-11,14H2,1H3. The van der Waals surface area contributed by atoms with Crippen molar-refractivity contribution in [3.63, 3.8) is 0 Å². The van der Waals surface area contributed by atoms with Crippen molar-refractivity contribution in [2.24, 2.45) is 5.92 Å². The first-order valence-corrected chi connectivity index (χ1v) is 6.82. The van der Waals surface area contributed by atoms with Crippen molar-refractivity contribution in [3.05, 3.63) is 47.2 Å². The fraction of sp³-hybridized carbons (Fsp3) is 0.471. The van der Waals surface area contributed by atoms with Crippen LogP contribution < -0.4 is 0 Å². The van der Waals surface area contributed by atoms with E-state index >= 15 is 0 Å². The van der Waals surface area contributed by atoms with Crippen LogP contribution >= 0.6 is 0 Å². The van der Waals surface area contributed by atoms with Crippen LogP contribution in [-0.2, 0) is 0 Å². The van der Waals surface area contributed by atoms with Crippen molar-refractivity contribution in [2.75, 3.05) is 0 Å². The second-order valence-corrected chi connectivity index (χ2v) is 5.19. The fourth-order valence-corrected chi connectivity index (χ4v) is 2.64. The van der Waals surface area contributed by atoms with Crippen molar-refractivity contribution >= 4 is 6.08 Å². The molecule has 0 aromatic heterocycles. The number of hydrogen-bond donors (Lipinski definition) is 0. The zero-order valence-electron chi connectivity index (χ0n) is 10.8. The van der Waals surface area contributed by atoms with Gasteiger partial charge in [-0.25, -0.2) is 0 Å². The lowest BCUT2D eigenvalue weighted by Crippen LogP contribution is -2.05. The van der Waals surface area contributed by atoms with Crippen LogP contribution in [0.25, 0.3) is 6.08 Å². The Bertz CT molecular complexity index is 387. The van der Waals surface area contributed by atoms with E-state index in [1.54, 1.807) is 0 Å². The molecule has 1 aromatic rings. The van der Waals surface area contributed by atoms with Crippen molar-refractivity contribution in [3.8, 4) is 0 Å². The van der Waals surface area contributed by atoms with E-state index in [1.807, 2.05) is 0 Å². The predicted octanol–water partition coefficient (Wildman–Crippen LogP) is 5.22. The molecule has 90 valence electrons. The molecule has 0 nitrogen and oxygen atoms in total. The Balaban J connectivity index is 1.94. The molecule has 0 radical (unpaired) electrons. The number of hydrogen-bond acceptors (Lipinski definition) is 0. The Morgan fingerprint density at radius 1 is 1.18 bits per heavy atom. The van der Waals surface area contributed by atoms with E-state index in [9.17, 15) is 0 Å². The Morgan fingerprint density at radius 2 is 1.88 bits per heavy atom. The third kappa shape index (κ3) is 4.24. The Kier molecular flexibility index (Phi) is 4.64. The molecule has 1 aliphatic rings. The third-order valence-corrected chi connectivity index (χ3v) is 3.60. The second-order valence-electron chi connectivity index (χ2n) is 5.19. The van der Waals surface area contributed by atoms with Gasteiger partial charge in [-0.2, -0.15) is 0 Å². The van der Waals surface area contributed by atoms with Gasteiger partial charge in [-0.05, 0) is 36.5 Å². The van der Waals surface area contributed by atoms with Crippen LogP contribution in [0, 0.1) is 5.92 Å². The average molecular weight is 226 g/mol. The minimum absolute atomic E-state index is 0.917. The Labute approximate surface area is 105 Å². The molecular formula is C17H22. The maximum atomic E-state index is 3.44. The first-order valence-electron chi connectivity index (χ1n) is 6.82. The first-order chi connectivity index (χ1) is 8.34. The molecule has 1 fully saturated rings. The lowest BCUT2D eigenvalue weighted by atomic mass is 9.85. The molecular weight excluding hydrogens is 204 g/mol. The Hall–Kier alpha value is -1.26. The summed E-state index contributed by atoms with van der Waals surface area (Å²) in [5.41, 5.74) is 6.09. The molecule has 0 unspecified atom stereocenters. The predicted molar refractivity (Wildman–Crippen MR) is 74.8 cm³/mol. The highest BCUT2D eigenvalue weighted by atomic mass is 14.2. The van der Waals surface area contributed by atoms with Gasteiger partial charge in [-0.1, -0.05) is 62.4 Å². The van der Waals surface area contributed by atoms with Crippen LogP contribution in [0.5, 0.6) is 0 Å². The van der Waals surface area contributed by atoms with Crippen molar-refractivity contribution < 1.29 is 0 Å². The highest BCUT2D eigenvalue weighted by Crippen LogP contribution is 2.28. The molecule has 1 saturated carbocycles. The molecule has 1 aliphatic carbocycles. The van der Waals surface area contributed by atoms with Crippen LogP contribution in [0.4, 0.5) is 0 Å².